The molecule has 0 bridgehead atoms. The first-order valence-corrected chi connectivity index (χ1v) is 9.30. The number of nitrogens with zero attached hydrogens (tertiary/aromatic N) is 1. The van der Waals surface area contributed by atoms with Gasteiger partial charge < -0.3 is 24.1 Å². The lowest BCUT2D eigenvalue weighted by atomic mass is 9.92. The van der Waals surface area contributed by atoms with Crippen LogP contribution in [0.5, 0.6) is 23.0 Å². The number of aromatic nitrogens is 1. The highest BCUT2D eigenvalue weighted by molar-refractivity contribution is 6.09. The molecule has 0 radical (unpaired) electrons. The van der Waals surface area contributed by atoms with Crippen molar-refractivity contribution in [3.8, 4) is 23.0 Å². The van der Waals surface area contributed by atoms with Crippen LogP contribution in [0.1, 0.15) is 35.5 Å². The molecular formula is C23H25NO6. The molecule has 0 spiro atoms. The summed E-state index contributed by atoms with van der Waals surface area (Å²) >= 11 is 0. The van der Waals surface area contributed by atoms with Crippen LogP contribution in [-0.4, -0.2) is 44.3 Å². The third-order valence-electron chi connectivity index (χ3n) is 4.82. The highest BCUT2D eigenvalue weighted by atomic mass is 16.5. The topological polar surface area (TPSA) is 87.1 Å². The van der Waals surface area contributed by atoms with E-state index < -0.39 is 5.60 Å². The van der Waals surface area contributed by atoms with E-state index in [1.807, 2.05) is 0 Å². The lowest BCUT2D eigenvalue weighted by molar-refractivity contribution is 0.0773. The Morgan fingerprint density at radius 1 is 0.867 bits per heavy atom. The van der Waals surface area contributed by atoms with Crippen LogP contribution in [0.2, 0.25) is 0 Å². The number of fused-ring (bicyclic) bond motifs is 1. The molecule has 0 aliphatic carbocycles. The summed E-state index contributed by atoms with van der Waals surface area (Å²) in [6, 6.07) is 10.1. The van der Waals surface area contributed by atoms with Gasteiger partial charge in [-0.05, 0) is 50.2 Å². The van der Waals surface area contributed by atoms with Crippen LogP contribution in [0, 0.1) is 0 Å². The second-order valence-electron chi connectivity index (χ2n) is 7.21. The van der Waals surface area contributed by atoms with Crippen molar-refractivity contribution in [1.82, 2.24) is 4.98 Å². The normalized spacial score (nSPS) is 11.3. The second kappa shape index (κ2) is 8.20. The molecule has 7 nitrogen and oxygen atoms in total. The van der Waals surface area contributed by atoms with Crippen LogP contribution in [0.15, 0.2) is 36.4 Å². The molecule has 0 unspecified atom stereocenters. The molecule has 0 saturated carbocycles. The van der Waals surface area contributed by atoms with Crippen molar-refractivity contribution < 1.29 is 28.8 Å². The number of carbonyl (C=O) groups excluding carboxylic acids is 1. The predicted octanol–water partition coefficient (Wildman–Crippen LogP) is 3.73. The second-order valence-corrected chi connectivity index (χ2v) is 7.21. The molecule has 3 rings (SSSR count). The minimum Gasteiger partial charge on any atom is -0.496 e. The number of hydrogen-bond acceptors (Lipinski definition) is 7. The van der Waals surface area contributed by atoms with Crippen molar-refractivity contribution in [2.75, 3.05) is 28.4 Å². The van der Waals surface area contributed by atoms with Gasteiger partial charge in [-0.15, -0.1) is 0 Å². The van der Waals surface area contributed by atoms with Crippen LogP contribution in [0.3, 0.4) is 0 Å². The van der Waals surface area contributed by atoms with Gasteiger partial charge in [0.25, 0.3) is 0 Å². The molecule has 0 fully saturated rings. The van der Waals surface area contributed by atoms with Crippen molar-refractivity contribution in [2.24, 2.45) is 0 Å². The maximum Gasteiger partial charge on any atom is 0.211 e. The summed E-state index contributed by atoms with van der Waals surface area (Å²) in [6.07, 6.45) is 0. The van der Waals surface area contributed by atoms with Crippen LogP contribution in [0.25, 0.3) is 10.9 Å². The summed E-state index contributed by atoms with van der Waals surface area (Å²) < 4.78 is 21.4. The lowest BCUT2D eigenvalue weighted by Crippen LogP contribution is -2.18. The molecule has 7 heteroatoms. The smallest absolute Gasteiger partial charge is 0.211 e. The van der Waals surface area contributed by atoms with E-state index in [1.165, 1.54) is 21.3 Å². The summed E-state index contributed by atoms with van der Waals surface area (Å²) in [5.41, 5.74) is 0.651. The number of ketones is 1. The van der Waals surface area contributed by atoms with Gasteiger partial charge in [0.05, 0.1) is 39.6 Å². The quantitative estimate of drug-likeness (QED) is 0.593. The van der Waals surface area contributed by atoms with Gasteiger partial charge in [0, 0.05) is 16.5 Å². The SMILES string of the molecule is COc1cc(C(=O)c2ccc3c(C(C)(C)O)c(OC)ccc3n2)cc(OC)c1OC. The Balaban J connectivity index is 2.13. The highest BCUT2D eigenvalue weighted by Crippen LogP contribution is 2.39. The van der Waals surface area contributed by atoms with E-state index in [9.17, 15) is 9.90 Å². The van der Waals surface area contributed by atoms with Gasteiger partial charge in [-0.25, -0.2) is 4.98 Å². The minimum atomic E-state index is -1.14. The fourth-order valence-electron chi connectivity index (χ4n) is 3.47. The fourth-order valence-corrected chi connectivity index (χ4v) is 3.47. The molecule has 30 heavy (non-hydrogen) atoms. The number of ether oxygens (including phenoxy) is 4. The number of benzene rings is 2. The molecule has 1 aromatic heterocycles. The Morgan fingerprint density at radius 3 is 1.97 bits per heavy atom. The summed E-state index contributed by atoms with van der Waals surface area (Å²) in [4.78, 5) is 17.7. The zero-order valence-corrected chi connectivity index (χ0v) is 17.9. The lowest BCUT2D eigenvalue weighted by Gasteiger charge is -2.23. The number of aliphatic hydroxyl groups is 1. The molecule has 3 aromatic rings. The van der Waals surface area contributed by atoms with E-state index in [0.717, 1.165) is 0 Å². The molecule has 158 valence electrons. The number of hydrogen-bond donors (Lipinski definition) is 1. The van der Waals surface area contributed by atoms with E-state index in [2.05, 4.69) is 4.98 Å². The van der Waals surface area contributed by atoms with Crippen molar-refractivity contribution >= 4 is 16.7 Å². The van der Waals surface area contributed by atoms with Gasteiger partial charge in [-0.1, -0.05) is 0 Å². The fraction of sp³-hybridized carbons (Fsp3) is 0.304. The molecule has 0 aliphatic heterocycles. The molecule has 1 N–H and O–H groups in total. The number of rotatable bonds is 7. The summed E-state index contributed by atoms with van der Waals surface area (Å²) in [7, 11) is 6.03. The zero-order valence-electron chi connectivity index (χ0n) is 17.9. The Labute approximate surface area is 175 Å². The first kappa shape index (κ1) is 21.4. The first-order valence-electron chi connectivity index (χ1n) is 9.30. The maximum atomic E-state index is 13.1. The van der Waals surface area contributed by atoms with Gasteiger partial charge in [0.1, 0.15) is 11.4 Å². The Morgan fingerprint density at radius 2 is 1.47 bits per heavy atom. The van der Waals surface area contributed by atoms with Gasteiger partial charge in [-0.3, -0.25) is 4.79 Å². The van der Waals surface area contributed by atoms with Crippen molar-refractivity contribution in [3.05, 3.63) is 53.2 Å². The van der Waals surface area contributed by atoms with E-state index in [-0.39, 0.29) is 11.5 Å². The first-order chi connectivity index (χ1) is 14.2. The number of pyridine rings is 1. The third kappa shape index (κ3) is 3.76. The minimum absolute atomic E-state index is 0.253. The molecule has 0 saturated heterocycles. The average Bonchev–Trinajstić information content (AvgIpc) is 2.75. The van der Waals surface area contributed by atoms with Gasteiger partial charge in [0.15, 0.2) is 11.5 Å². The molecule has 2 aromatic carbocycles. The van der Waals surface area contributed by atoms with E-state index in [4.69, 9.17) is 18.9 Å². The number of methoxy groups -OCH3 is 4. The van der Waals surface area contributed by atoms with Gasteiger partial charge in [0.2, 0.25) is 11.5 Å². The zero-order chi connectivity index (χ0) is 22.1. The highest BCUT2D eigenvalue weighted by Gasteiger charge is 2.25. The Bertz CT molecular complexity index is 1080. The Kier molecular flexibility index (Phi) is 5.85. The van der Waals surface area contributed by atoms with Crippen molar-refractivity contribution in [3.63, 3.8) is 0 Å². The van der Waals surface area contributed by atoms with Gasteiger partial charge in [-0.2, -0.15) is 0 Å². The monoisotopic (exact) mass is 411 g/mol. The van der Waals surface area contributed by atoms with Crippen LogP contribution in [-0.2, 0) is 5.60 Å². The van der Waals surface area contributed by atoms with Crippen LogP contribution in [0.4, 0.5) is 0 Å². The van der Waals surface area contributed by atoms with Crippen LogP contribution < -0.4 is 18.9 Å². The largest absolute Gasteiger partial charge is 0.496 e. The maximum absolute atomic E-state index is 13.1. The van der Waals surface area contributed by atoms with Crippen LogP contribution >= 0.6 is 0 Å². The Hall–Kier alpha value is -3.32. The van der Waals surface area contributed by atoms with Gasteiger partial charge >= 0.3 is 0 Å². The molecule has 0 aliphatic rings. The standard InChI is InChI=1S/C23H25NO6/c1-23(2,26)20-14-7-8-16(24-15(14)9-10-17(20)27-3)21(25)13-11-18(28-4)22(30-6)19(12-13)29-5/h7-12,26H,1-6H3. The predicted molar refractivity (Wildman–Crippen MR) is 113 cm³/mol. The van der Waals surface area contributed by atoms with Crippen molar-refractivity contribution in [1.29, 1.82) is 0 Å². The van der Waals surface area contributed by atoms with E-state index in [1.54, 1.807) is 57.4 Å². The average molecular weight is 411 g/mol. The van der Waals surface area contributed by atoms with Crippen molar-refractivity contribution in [2.45, 2.75) is 19.4 Å². The number of carbonyl (C=O) groups is 1. The summed E-state index contributed by atoms with van der Waals surface area (Å²) in [6.45, 7) is 3.36. The summed E-state index contributed by atoms with van der Waals surface area (Å²) in [5.74, 6) is 1.44. The molecule has 0 atom stereocenters. The molecular weight excluding hydrogens is 386 g/mol. The molecule has 1 heterocycles. The third-order valence-corrected chi connectivity index (χ3v) is 4.82. The summed E-state index contributed by atoms with van der Waals surface area (Å²) in [5, 5.41) is 11.3. The van der Waals surface area contributed by atoms with E-state index in [0.29, 0.717) is 45.0 Å². The molecule has 0 amide bonds. The van der Waals surface area contributed by atoms with E-state index >= 15 is 0 Å².